The summed E-state index contributed by atoms with van der Waals surface area (Å²) in [7, 11) is -3.78. The second-order valence-corrected chi connectivity index (χ2v) is 7.59. The molecule has 0 spiro atoms. The number of benzene rings is 2. The Kier molecular flexibility index (Phi) is 6.30. The maximum absolute atomic E-state index is 12.2. The van der Waals surface area contributed by atoms with E-state index >= 15 is 0 Å². The SMILES string of the molecule is Cc1ccc(S(=O)(=O)NC[C@H](O)C(=O)N[C@H](C)c2ccccc2)cc1. The molecule has 2 aromatic carbocycles. The fourth-order valence-electron chi connectivity index (χ4n) is 2.22. The molecule has 0 heterocycles. The van der Waals surface area contributed by atoms with Crippen LogP contribution in [0.15, 0.2) is 59.5 Å². The first-order valence-electron chi connectivity index (χ1n) is 7.89. The van der Waals surface area contributed by atoms with E-state index in [-0.39, 0.29) is 10.9 Å². The third-order valence-electron chi connectivity index (χ3n) is 3.76. The molecule has 0 aliphatic heterocycles. The Labute approximate surface area is 147 Å². The van der Waals surface area contributed by atoms with Gasteiger partial charge < -0.3 is 10.4 Å². The first-order chi connectivity index (χ1) is 11.8. The van der Waals surface area contributed by atoms with Crippen LogP contribution in [-0.2, 0) is 14.8 Å². The van der Waals surface area contributed by atoms with Gasteiger partial charge in [0.1, 0.15) is 6.10 Å². The number of hydrogen-bond acceptors (Lipinski definition) is 4. The zero-order valence-corrected chi connectivity index (χ0v) is 15.0. The van der Waals surface area contributed by atoms with Crippen molar-refractivity contribution in [2.45, 2.75) is 30.9 Å². The van der Waals surface area contributed by atoms with Gasteiger partial charge in [-0.2, -0.15) is 0 Å². The highest BCUT2D eigenvalue weighted by Gasteiger charge is 2.21. The third-order valence-corrected chi connectivity index (χ3v) is 5.20. The van der Waals surface area contributed by atoms with Crippen molar-refractivity contribution < 1.29 is 18.3 Å². The summed E-state index contributed by atoms with van der Waals surface area (Å²) in [6, 6.07) is 15.3. The molecule has 0 bridgehead atoms. The van der Waals surface area contributed by atoms with Crippen LogP contribution in [0.1, 0.15) is 24.1 Å². The zero-order chi connectivity index (χ0) is 18.4. The Morgan fingerprint density at radius 1 is 1.08 bits per heavy atom. The van der Waals surface area contributed by atoms with Gasteiger partial charge in [-0.1, -0.05) is 48.0 Å². The average molecular weight is 362 g/mol. The maximum atomic E-state index is 12.2. The lowest BCUT2D eigenvalue weighted by Gasteiger charge is -2.17. The van der Waals surface area contributed by atoms with Crippen LogP contribution in [0.25, 0.3) is 0 Å². The molecular formula is C18H22N2O4S. The molecule has 7 heteroatoms. The Balaban J connectivity index is 1.91. The smallest absolute Gasteiger partial charge is 0.250 e. The van der Waals surface area contributed by atoms with E-state index in [2.05, 4.69) is 10.0 Å². The van der Waals surface area contributed by atoms with E-state index in [1.54, 1.807) is 19.1 Å². The van der Waals surface area contributed by atoms with Crippen molar-refractivity contribution in [2.75, 3.05) is 6.54 Å². The Morgan fingerprint density at radius 3 is 2.28 bits per heavy atom. The molecule has 1 amide bonds. The number of carbonyl (C=O) groups is 1. The Morgan fingerprint density at radius 2 is 1.68 bits per heavy atom. The highest BCUT2D eigenvalue weighted by molar-refractivity contribution is 7.89. The van der Waals surface area contributed by atoms with Crippen LogP contribution in [0.3, 0.4) is 0 Å². The van der Waals surface area contributed by atoms with Crippen molar-refractivity contribution in [1.29, 1.82) is 0 Å². The summed E-state index contributed by atoms with van der Waals surface area (Å²) < 4.78 is 26.6. The molecular weight excluding hydrogens is 340 g/mol. The molecule has 25 heavy (non-hydrogen) atoms. The van der Waals surface area contributed by atoms with E-state index in [0.29, 0.717) is 0 Å². The Bertz CT molecular complexity index is 805. The van der Waals surface area contributed by atoms with Gasteiger partial charge in [0, 0.05) is 6.54 Å². The van der Waals surface area contributed by atoms with Crippen molar-refractivity contribution >= 4 is 15.9 Å². The predicted molar refractivity (Wildman–Crippen MR) is 95.4 cm³/mol. The van der Waals surface area contributed by atoms with Crippen LogP contribution < -0.4 is 10.0 Å². The number of sulfonamides is 1. The first kappa shape index (κ1) is 19.1. The van der Waals surface area contributed by atoms with Crippen molar-refractivity contribution in [3.8, 4) is 0 Å². The van der Waals surface area contributed by atoms with Crippen LogP contribution in [0.5, 0.6) is 0 Å². The van der Waals surface area contributed by atoms with Gasteiger partial charge in [0.25, 0.3) is 5.91 Å². The molecule has 0 fully saturated rings. The number of carbonyl (C=O) groups excluding carboxylic acids is 1. The molecule has 0 aliphatic carbocycles. The number of amides is 1. The lowest BCUT2D eigenvalue weighted by Crippen LogP contribution is -2.43. The summed E-state index contributed by atoms with van der Waals surface area (Å²) in [6.07, 6.45) is -1.48. The number of aryl methyl sites for hydroxylation is 1. The normalized spacial score (nSPS) is 13.9. The molecule has 0 saturated carbocycles. The summed E-state index contributed by atoms with van der Waals surface area (Å²) in [5.41, 5.74) is 1.83. The fourth-order valence-corrected chi connectivity index (χ4v) is 3.26. The predicted octanol–water partition coefficient (Wildman–Crippen LogP) is 1.51. The van der Waals surface area contributed by atoms with Crippen molar-refractivity contribution in [2.24, 2.45) is 0 Å². The van der Waals surface area contributed by atoms with Crippen molar-refractivity contribution in [1.82, 2.24) is 10.0 Å². The minimum Gasteiger partial charge on any atom is -0.382 e. The van der Waals surface area contributed by atoms with Gasteiger partial charge in [-0.25, -0.2) is 13.1 Å². The van der Waals surface area contributed by atoms with Crippen LogP contribution in [0.4, 0.5) is 0 Å². The number of aliphatic hydroxyl groups is 1. The van der Waals surface area contributed by atoms with Crippen LogP contribution >= 0.6 is 0 Å². The summed E-state index contributed by atoms with van der Waals surface area (Å²) in [4.78, 5) is 12.1. The minimum absolute atomic E-state index is 0.0864. The second-order valence-electron chi connectivity index (χ2n) is 5.82. The highest BCUT2D eigenvalue weighted by Crippen LogP contribution is 2.12. The lowest BCUT2D eigenvalue weighted by atomic mass is 10.1. The standard InChI is InChI=1S/C18H22N2O4S/c1-13-8-10-16(11-9-13)25(23,24)19-12-17(21)18(22)20-14(2)15-6-4-3-5-7-15/h3-11,14,17,19,21H,12H2,1-2H3,(H,20,22)/t14-,17+/m1/s1. The topological polar surface area (TPSA) is 95.5 Å². The molecule has 0 aliphatic rings. The number of rotatable bonds is 7. The largest absolute Gasteiger partial charge is 0.382 e. The van der Waals surface area contributed by atoms with Gasteiger partial charge in [0.05, 0.1) is 10.9 Å². The van der Waals surface area contributed by atoms with E-state index in [9.17, 15) is 18.3 Å². The molecule has 3 N–H and O–H groups in total. The van der Waals surface area contributed by atoms with Gasteiger partial charge in [0.2, 0.25) is 10.0 Å². The highest BCUT2D eigenvalue weighted by atomic mass is 32.2. The molecule has 0 aromatic heterocycles. The van der Waals surface area contributed by atoms with E-state index in [1.807, 2.05) is 37.3 Å². The van der Waals surface area contributed by atoms with Gasteiger partial charge in [-0.05, 0) is 31.5 Å². The van der Waals surface area contributed by atoms with Gasteiger partial charge in [0.15, 0.2) is 0 Å². The fraction of sp³-hybridized carbons (Fsp3) is 0.278. The number of aliphatic hydroxyl groups excluding tert-OH is 1. The lowest BCUT2D eigenvalue weighted by molar-refractivity contribution is -0.129. The van der Waals surface area contributed by atoms with E-state index in [0.717, 1.165) is 11.1 Å². The van der Waals surface area contributed by atoms with E-state index < -0.39 is 28.6 Å². The van der Waals surface area contributed by atoms with Crippen LogP contribution in [-0.4, -0.2) is 32.1 Å². The van der Waals surface area contributed by atoms with E-state index in [1.165, 1.54) is 12.1 Å². The van der Waals surface area contributed by atoms with Gasteiger partial charge in [-0.3, -0.25) is 4.79 Å². The van der Waals surface area contributed by atoms with Gasteiger partial charge in [-0.15, -0.1) is 0 Å². The minimum atomic E-state index is -3.78. The van der Waals surface area contributed by atoms with Crippen molar-refractivity contribution in [3.05, 3.63) is 65.7 Å². The number of hydrogen-bond donors (Lipinski definition) is 3. The van der Waals surface area contributed by atoms with Crippen LogP contribution in [0, 0.1) is 6.92 Å². The van der Waals surface area contributed by atoms with Crippen LogP contribution in [0.2, 0.25) is 0 Å². The maximum Gasteiger partial charge on any atom is 0.250 e. The molecule has 6 nitrogen and oxygen atoms in total. The summed E-state index contributed by atoms with van der Waals surface area (Å²) in [5, 5.41) is 12.6. The first-order valence-corrected chi connectivity index (χ1v) is 9.37. The molecule has 0 unspecified atom stereocenters. The molecule has 2 aromatic rings. The molecule has 0 saturated heterocycles. The zero-order valence-electron chi connectivity index (χ0n) is 14.1. The quantitative estimate of drug-likeness (QED) is 0.696. The Hall–Kier alpha value is -2.22. The second kappa shape index (κ2) is 8.24. The summed E-state index contributed by atoms with van der Waals surface area (Å²) in [5.74, 6) is -0.636. The summed E-state index contributed by atoms with van der Waals surface area (Å²) >= 11 is 0. The van der Waals surface area contributed by atoms with E-state index in [4.69, 9.17) is 0 Å². The van der Waals surface area contributed by atoms with Crippen molar-refractivity contribution in [3.63, 3.8) is 0 Å². The van der Waals surface area contributed by atoms with Gasteiger partial charge >= 0.3 is 0 Å². The molecule has 0 radical (unpaired) electrons. The molecule has 2 rings (SSSR count). The summed E-state index contributed by atoms with van der Waals surface area (Å²) in [6.45, 7) is 3.24. The monoisotopic (exact) mass is 362 g/mol. The number of nitrogens with one attached hydrogen (secondary N) is 2. The molecule has 2 atom stereocenters. The third kappa shape index (κ3) is 5.38. The average Bonchev–Trinajstić information content (AvgIpc) is 2.60. The molecule has 134 valence electrons.